The third kappa shape index (κ3) is 3.40. The van der Waals surface area contributed by atoms with Crippen molar-refractivity contribution in [2.75, 3.05) is 12.4 Å². The lowest BCUT2D eigenvalue weighted by atomic mass is 10.2. The summed E-state index contributed by atoms with van der Waals surface area (Å²) in [5.41, 5.74) is -0.0688. The summed E-state index contributed by atoms with van der Waals surface area (Å²) >= 11 is 0. The van der Waals surface area contributed by atoms with E-state index in [-0.39, 0.29) is 5.69 Å². The van der Waals surface area contributed by atoms with E-state index < -0.39 is 32.5 Å². The minimum absolute atomic E-state index is 0.0688. The first-order chi connectivity index (χ1) is 8.80. The van der Waals surface area contributed by atoms with Gasteiger partial charge in [-0.3, -0.25) is 0 Å². The van der Waals surface area contributed by atoms with E-state index in [2.05, 4.69) is 10.1 Å². The zero-order valence-electron chi connectivity index (χ0n) is 10.3. The molecule has 0 heterocycles. The molecule has 0 aliphatic heterocycles. The van der Waals surface area contributed by atoms with Gasteiger partial charge < -0.3 is 10.1 Å². The van der Waals surface area contributed by atoms with Crippen molar-refractivity contribution in [3.63, 3.8) is 0 Å². The molecule has 1 N–H and O–H groups in total. The monoisotopic (exact) mass is 293 g/mol. The van der Waals surface area contributed by atoms with Crippen LogP contribution < -0.4 is 5.32 Å². The standard InChI is InChI=1S/C11H13F2NO4S/c1-7(10(15)18-2)14-8-5-3-4-6-9(8)19(16,17)11(12)13/h3-7,11,14H,1-2H3. The Morgan fingerprint density at radius 1 is 1.32 bits per heavy atom. The maximum Gasteiger partial charge on any atom is 0.341 e. The second-order valence-corrected chi connectivity index (χ2v) is 5.58. The highest BCUT2D eigenvalue weighted by molar-refractivity contribution is 7.91. The number of methoxy groups -OCH3 is 1. The Bertz CT molecular complexity index is 560. The van der Waals surface area contributed by atoms with Crippen LogP contribution in [0.1, 0.15) is 6.92 Å². The Morgan fingerprint density at radius 3 is 2.42 bits per heavy atom. The number of anilines is 1. The average molecular weight is 293 g/mol. The molecule has 1 unspecified atom stereocenters. The Kier molecular flexibility index (Phi) is 4.82. The van der Waals surface area contributed by atoms with Crippen LogP contribution in [-0.2, 0) is 19.4 Å². The molecule has 0 saturated heterocycles. The largest absolute Gasteiger partial charge is 0.467 e. The van der Waals surface area contributed by atoms with Crippen molar-refractivity contribution in [3.05, 3.63) is 24.3 Å². The molecule has 0 aliphatic rings. The molecule has 0 amide bonds. The van der Waals surface area contributed by atoms with Crippen molar-refractivity contribution in [3.8, 4) is 0 Å². The van der Waals surface area contributed by atoms with Gasteiger partial charge in [0.1, 0.15) is 6.04 Å². The zero-order chi connectivity index (χ0) is 14.6. The van der Waals surface area contributed by atoms with E-state index in [1.54, 1.807) is 0 Å². The van der Waals surface area contributed by atoms with Gasteiger partial charge in [-0.2, -0.15) is 8.78 Å². The number of hydrogen-bond acceptors (Lipinski definition) is 5. The second kappa shape index (κ2) is 5.96. The summed E-state index contributed by atoms with van der Waals surface area (Å²) in [4.78, 5) is 10.7. The summed E-state index contributed by atoms with van der Waals surface area (Å²) in [5.74, 6) is -4.16. The summed E-state index contributed by atoms with van der Waals surface area (Å²) in [6.45, 7) is 1.43. The first-order valence-corrected chi connectivity index (χ1v) is 6.80. The molecule has 19 heavy (non-hydrogen) atoms. The SMILES string of the molecule is COC(=O)C(C)Nc1ccccc1S(=O)(=O)C(F)F. The summed E-state index contributed by atoms with van der Waals surface area (Å²) < 4.78 is 52.5. The zero-order valence-corrected chi connectivity index (χ0v) is 11.1. The molecule has 1 aromatic rings. The van der Waals surface area contributed by atoms with Gasteiger partial charge in [-0.1, -0.05) is 12.1 Å². The number of hydrogen-bond donors (Lipinski definition) is 1. The molecule has 1 atom stereocenters. The second-order valence-electron chi connectivity index (χ2n) is 3.69. The van der Waals surface area contributed by atoms with Crippen LogP contribution in [0.2, 0.25) is 0 Å². The highest BCUT2D eigenvalue weighted by atomic mass is 32.2. The van der Waals surface area contributed by atoms with Crippen molar-refractivity contribution >= 4 is 21.5 Å². The average Bonchev–Trinajstić information content (AvgIpc) is 2.37. The number of alkyl halides is 2. The van der Waals surface area contributed by atoms with Gasteiger partial charge in [0.25, 0.3) is 0 Å². The number of rotatable bonds is 5. The Labute approximate surface area is 109 Å². The number of ether oxygens (including phenoxy) is 1. The predicted octanol–water partition coefficient (Wildman–Crippen LogP) is 1.66. The number of esters is 1. The van der Waals surface area contributed by atoms with Gasteiger partial charge in [0, 0.05) is 0 Å². The van der Waals surface area contributed by atoms with Gasteiger partial charge in [-0.25, -0.2) is 13.2 Å². The lowest BCUT2D eigenvalue weighted by Gasteiger charge is -2.16. The number of halogens is 2. The van der Waals surface area contributed by atoms with E-state index in [1.165, 1.54) is 32.2 Å². The van der Waals surface area contributed by atoms with E-state index in [1.807, 2.05) is 0 Å². The predicted molar refractivity (Wildman–Crippen MR) is 64.7 cm³/mol. The molecular weight excluding hydrogens is 280 g/mol. The maximum atomic E-state index is 12.5. The van der Waals surface area contributed by atoms with Crippen LogP contribution in [0.15, 0.2) is 29.2 Å². The minimum atomic E-state index is -4.73. The molecule has 0 bridgehead atoms. The van der Waals surface area contributed by atoms with Gasteiger partial charge >= 0.3 is 11.7 Å². The number of para-hydroxylation sites is 1. The van der Waals surface area contributed by atoms with Crippen LogP contribution in [0, 0.1) is 0 Å². The van der Waals surface area contributed by atoms with Gasteiger partial charge in [0.15, 0.2) is 0 Å². The molecule has 0 spiro atoms. The Balaban J connectivity index is 3.14. The van der Waals surface area contributed by atoms with Crippen LogP contribution in [-0.4, -0.2) is 33.3 Å². The van der Waals surface area contributed by atoms with Gasteiger partial charge in [-0.05, 0) is 19.1 Å². The van der Waals surface area contributed by atoms with Crippen LogP contribution in [0.5, 0.6) is 0 Å². The molecule has 0 fully saturated rings. The third-order valence-electron chi connectivity index (χ3n) is 2.35. The first kappa shape index (κ1) is 15.4. The molecule has 0 saturated carbocycles. The molecule has 1 rings (SSSR count). The topological polar surface area (TPSA) is 72.5 Å². The van der Waals surface area contributed by atoms with Crippen molar-refractivity contribution < 1.29 is 26.7 Å². The van der Waals surface area contributed by atoms with E-state index in [9.17, 15) is 22.0 Å². The van der Waals surface area contributed by atoms with Crippen molar-refractivity contribution in [1.29, 1.82) is 0 Å². The number of benzene rings is 1. The fourth-order valence-electron chi connectivity index (χ4n) is 1.40. The smallest absolute Gasteiger partial charge is 0.341 e. The summed E-state index contributed by atoms with van der Waals surface area (Å²) in [7, 11) is -3.56. The van der Waals surface area contributed by atoms with Crippen molar-refractivity contribution in [2.24, 2.45) is 0 Å². The molecular formula is C11H13F2NO4S. The lowest BCUT2D eigenvalue weighted by molar-refractivity contribution is -0.141. The number of carbonyl (C=O) groups excluding carboxylic acids is 1. The molecule has 1 aromatic carbocycles. The quantitative estimate of drug-likeness (QED) is 0.836. The third-order valence-corrected chi connectivity index (χ3v) is 3.79. The van der Waals surface area contributed by atoms with Gasteiger partial charge in [0.05, 0.1) is 17.7 Å². The van der Waals surface area contributed by atoms with E-state index in [4.69, 9.17) is 0 Å². The molecule has 0 aliphatic carbocycles. The van der Waals surface area contributed by atoms with Crippen LogP contribution in [0.4, 0.5) is 14.5 Å². The highest BCUT2D eigenvalue weighted by Crippen LogP contribution is 2.26. The number of carbonyl (C=O) groups is 1. The van der Waals surface area contributed by atoms with Crippen molar-refractivity contribution in [2.45, 2.75) is 23.6 Å². The van der Waals surface area contributed by atoms with Crippen LogP contribution in [0.25, 0.3) is 0 Å². The molecule has 5 nitrogen and oxygen atoms in total. The molecule has 0 aromatic heterocycles. The Hall–Kier alpha value is -1.70. The van der Waals surface area contributed by atoms with Crippen molar-refractivity contribution in [1.82, 2.24) is 0 Å². The molecule has 106 valence electrons. The van der Waals surface area contributed by atoms with E-state index >= 15 is 0 Å². The number of nitrogens with one attached hydrogen (secondary N) is 1. The summed E-state index contributed by atoms with van der Waals surface area (Å²) in [6.07, 6.45) is 0. The fraction of sp³-hybridized carbons (Fsp3) is 0.364. The number of sulfone groups is 1. The van der Waals surface area contributed by atoms with E-state index in [0.717, 1.165) is 6.07 Å². The normalized spacial score (nSPS) is 13.1. The van der Waals surface area contributed by atoms with E-state index in [0.29, 0.717) is 0 Å². The summed E-state index contributed by atoms with van der Waals surface area (Å²) in [5, 5.41) is 2.54. The lowest BCUT2D eigenvalue weighted by Crippen LogP contribution is -2.28. The molecule has 8 heteroatoms. The fourth-order valence-corrected chi connectivity index (χ4v) is 2.29. The van der Waals surface area contributed by atoms with Gasteiger partial charge in [0.2, 0.25) is 9.84 Å². The van der Waals surface area contributed by atoms with Crippen LogP contribution in [0.3, 0.4) is 0 Å². The minimum Gasteiger partial charge on any atom is -0.467 e. The van der Waals surface area contributed by atoms with Crippen LogP contribution >= 0.6 is 0 Å². The highest BCUT2D eigenvalue weighted by Gasteiger charge is 2.29. The van der Waals surface area contributed by atoms with Gasteiger partial charge in [-0.15, -0.1) is 0 Å². The summed E-state index contributed by atoms with van der Waals surface area (Å²) in [6, 6.07) is 4.28. The molecule has 0 radical (unpaired) electrons. The first-order valence-electron chi connectivity index (χ1n) is 5.26. The Morgan fingerprint density at radius 2 is 1.89 bits per heavy atom. The maximum absolute atomic E-state index is 12.5.